The first-order valence-electron chi connectivity index (χ1n) is 16.0. The summed E-state index contributed by atoms with van der Waals surface area (Å²) in [7, 11) is 0. The Morgan fingerprint density at radius 1 is 0.952 bits per heavy atom. The van der Waals surface area contributed by atoms with E-state index in [1.165, 1.54) is 0 Å². The lowest BCUT2D eigenvalue weighted by molar-refractivity contribution is -0.144. The Bertz CT molecular complexity index is 1140. The third kappa shape index (κ3) is 6.16. The molecule has 0 radical (unpaired) electrons. The van der Waals surface area contributed by atoms with Crippen LogP contribution in [0.4, 0.5) is 4.79 Å². The maximum atomic E-state index is 14.4. The molecule has 0 aromatic carbocycles. The number of hydrogen-bond acceptors (Lipinski definition) is 5. The Morgan fingerprint density at radius 3 is 2.19 bits per heavy atom. The third-order valence-electron chi connectivity index (χ3n) is 10.9. The standard InChI is InChI=1S/C32H47N5O5/c1-4-32(15-9-6-10-16-32)36-30(42)35-24(20-11-7-5-8-12-20)29(41)37-18-21-23(31(21,2)3)25(37)28(40)34-22(17-19-13-14-19)26(38)27(33)39/h1,19-25H,5-18H2,2-3H3,(H2,33,39)(H,34,40)(H2,35,36,42)/t21-,22?,23-,24-,25-/m0/s1. The smallest absolute Gasteiger partial charge is 0.316 e. The monoisotopic (exact) mass is 581 g/mol. The molecule has 42 heavy (non-hydrogen) atoms. The molecule has 0 spiro atoms. The van der Waals surface area contributed by atoms with Crippen molar-refractivity contribution in [3.63, 3.8) is 0 Å². The normalized spacial score (nSPS) is 29.3. The maximum Gasteiger partial charge on any atom is 0.316 e. The molecule has 4 aliphatic carbocycles. The van der Waals surface area contributed by atoms with E-state index in [0.29, 0.717) is 25.8 Å². The van der Waals surface area contributed by atoms with Crippen LogP contribution in [0.2, 0.25) is 0 Å². The van der Waals surface area contributed by atoms with Crippen molar-refractivity contribution in [1.82, 2.24) is 20.9 Å². The van der Waals surface area contributed by atoms with Crippen LogP contribution in [0, 0.1) is 41.4 Å². The van der Waals surface area contributed by atoms with Crippen LogP contribution in [0.3, 0.4) is 0 Å². The summed E-state index contributed by atoms with van der Waals surface area (Å²) in [6.45, 7) is 4.59. The summed E-state index contributed by atoms with van der Waals surface area (Å²) in [5, 5.41) is 8.83. The van der Waals surface area contributed by atoms with Crippen LogP contribution in [-0.2, 0) is 19.2 Å². The van der Waals surface area contributed by atoms with Gasteiger partial charge in [0.25, 0.3) is 5.91 Å². The summed E-state index contributed by atoms with van der Waals surface area (Å²) in [4.78, 5) is 67.6. The molecule has 1 heterocycles. The van der Waals surface area contributed by atoms with Gasteiger partial charge in [-0.1, -0.05) is 71.1 Å². The number of fused-ring (bicyclic) bond motifs is 1. The lowest BCUT2D eigenvalue weighted by Crippen LogP contribution is -2.62. The van der Waals surface area contributed by atoms with E-state index in [0.717, 1.165) is 64.2 Å². The van der Waals surface area contributed by atoms with E-state index in [4.69, 9.17) is 12.2 Å². The molecule has 10 nitrogen and oxygen atoms in total. The number of amides is 5. The molecule has 5 fully saturated rings. The fourth-order valence-electron chi connectivity index (χ4n) is 8.04. The quantitative estimate of drug-likeness (QED) is 0.231. The highest BCUT2D eigenvalue weighted by Gasteiger charge is 2.69. The van der Waals surface area contributed by atoms with Crippen LogP contribution >= 0.6 is 0 Å². The highest BCUT2D eigenvalue weighted by atomic mass is 16.2. The van der Waals surface area contributed by atoms with E-state index in [1.54, 1.807) is 4.90 Å². The molecule has 0 bridgehead atoms. The van der Waals surface area contributed by atoms with Gasteiger partial charge in [0.15, 0.2) is 0 Å². The molecule has 1 saturated heterocycles. The minimum Gasteiger partial charge on any atom is -0.363 e. The van der Waals surface area contributed by atoms with Crippen LogP contribution in [0.25, 0.3) is 0 Å². The van der Waals surface area contributed by atoms with Gasteiger partial charge in [-0.25, -0.2) is 4.79 Å². The van der Waals surface area contributed by atoms with Crippen LogP contribution in [-0.4, -0.2) is 64.6 Å². The molecule has 4 saturated carbocycles. The molecule has 5 aliphatic rings. The van der Waals surface area contributed by atoms with Gasteiger partial charge >= 0.3 is 6.03 Å². The number of piperidine rings is 1. The average molecular weight is 582 g/mol. The van der Waals surface area contributed by atoms with Gasteiger partial charge in [0.1, 0.15) is 17.6 Å². The molecule has 1 aliphatic heterocycles. The Labute approximate surface area is 249 Å². The van der Waals surface area contributed by atoms with Crippen molar-refractivity contribution in [3.05, 3.63) is 0 Å². The number of ketones is 1. The number of hydrogen-bond donors (Lipinski definition) is 4. The van der Waals surface area contributed by atoms with E-state index < -0.39 is 47.3 Å². The molecule has 5 N–H and O–H groups in total. The van der Waals surface area contributed by atoms with Crippen molar-refractivity contribution in [2.75, 3.05) is 6.54 Å². The Hall–Kier alpha value is -3.09. The molecule has 1 unspecified atom stereocenters. The largest absolute Gasteiger partial charge is 0.363 e. The summed E-state index contributed by atoms with van der Waals surface area (Å²) in [6, 6.07) is -3.00. The molecule has 230 valence electrons. The maximum absolute atomic E-state index is 14.4. The van der Waals surface area contributed by atoms with Gasteiger partial charge in [-0.3, -0.25) is 19.2 Å². The lowest BCUT2D eigenvalue weighted by atomic mass is 9.82. The number of urea groups is 1. The van der Waals surface area contributed by atoms with Gasteiger partial charge < -0.3 is 26.6 Å². The van der Waals surface area contributed by atoms with Crippen LogP contribution in [0.5, 0.6) is 0 Å². The fourth-order valence-corrected chi connectivity index (χ4v) is 8.04. The third-order valence-corrected chi connectivity index (χ3v) is 10.9. The first-order valence-corrected chi connectivity index (χ1v) is 16.0. The van der Waals surface area contributed by atoms with Crippen LogP contribution in [0.15, 0.2) is 0 Å². The molecule has 0 aromatic heterocycles. The number of nitrogens with one attached hydrogen (secondary N) is 3. The fraction of sp³-hybridized carbons (Fsp3) is 0.781. The zero-order chi connectivity index (χ0) is 30.2. The molecular weight excluding hydrogens is 534 g/mol. The number of Topliss-reactive ketones (excluding diaryl/α,β-unsaturated/α-hetero) is 1. The molecule has 0 aromatic rings. The van der Waals surface area contributed by atoms with Crippen molar-refractivity contribution < 1.29 is 24.0 Å². The lowest BCUT2D eigenvalue weighted by Gasteiger charge is -2.38. The number of nitrogens with two attached hydrogens (primary N) is 1. The van der Waals surface area contributed by atoms with Crippen LogP contribution in [0.1, 0.15) is 97.3 Å². The summed E-state index contributed by atoms with van der Waals surface area (Å²) in [5.74, 6) is 0.534. The highest BCUT2D eigenvalue weighted by molar-refractivity contribution is 6.37. The van der Waals surface area contributed by atoms with Crippen molar-refractivity contribution in [1.29, 1.82) is 0 Å². The summed E-state index contributed by atoms with van der Waals surface area (Å²) in [5.41, 5.74) is 4.46. The Kier molecular flexibility index (Phi) is 8.60. The van der Waals surface area contributed by atoms with Gasteiger partial charge in [-0.2, -0.15) is 0 Å². The summed E-state index contributed by atoms with van der Waals surface area (Å²) in [6.07, 6.45) is 17.2. The van der Waals surface area contributed by atoms with Gasteiger partial charge in [0.2, 0.25) is 17.6 Å². The number of nitrogens with zero attached hydrogens (tertiary/aromatic N) is 1. The van der Waals surface area contributed by atoms with Crippen molar-refractivity contribution in [3.8, 4) is 12.3 Å². The van der Waals surface area contributed by atoms with Crippen molar-refractivity contribution in [2.24, 2.45) is 34.8 Å². The summed E-state index contributed by atoms with van der Waals surface area (Å²) < 4.78 is 0. The number of carbonyl (C=O) groups excluding carboxylic acids is 5. The van der Waals surface area contributed by atoms with E-state index >= 15 is 0 Å². The Morgan fingerprint density at radius 2 is 1.60 bits per heavy atom. The van der Waals surface area contributed by atoms with Gasteiger partial charge in [-0.15, -0.1) is 6.42 Å². The van der Waals surface area contributed by atoms with E-state index in [2.05, 4.69) is 35.7 Å². The average Bonchev–Trinajstić information content (AvgIpc) is 3.83. The topological polar surface area (TPSA) is 151 Å². The van der Waals surface area contributed by atoms with E-state index in [9.17, 15) is 24.0 Å². The molecule has 5 rings (SSSR count). The van der Waals surface area contributed by atoms with Crippen molar-refractivity contribution >= 4 is 29.5 Å². The first kappa shape index (κ1) is 30.4. The van der Waals surface area contributed by atoms with Crippen molar-refractivity contribution in [2.45, 2.75) is 121 Å². The molecule has 5 amide bonds. The SMILES string of the molecule is C#CC1(NC(=O)N[C@H](C(=O)N2C[C@H]3[C@@H]([C@H]2C(=O)NC(CC2CC2)C(=O)C(N)=O)C3(C)C)C2CCCCC2)CCCCC1. The minimum absolute atomic E-state index is 0.0437. The zero-order valence-electron chi connectivity index (χ0n) is 25.1. The predicted molar refractivity (Wildman–Crippen MR) is 156 cm³/mol. The number of rotatable bonds is 10. The predicted octanol–water partition coefficient (Wildman–Crippen LogP) is 2.39. The Balaban J connectivity index is 1.35. The second kappa shape index (κ2) is 11.9. The minimum atomic E-state index is -1.07. The van der Waals surface area contributed by atoms with Gasteiger partial charge in [0.05, 0.1) is 6.04 Å². The van der Waals surface area contributed by atoms with Gasteiger partial charge in [-0.05, 0) is 61.2 Å². The second-order valence-corrected chi connectivity index (χ2v) is 14.1. The summed E-state index contributed by atoms with van der Waals surface area (Å²) >= 11 is 0. The number of likely N-dealkylation sites (tertiary alicyclic amines) is 1. The van der Waals surface area contributed by atoms with E-state index in [-0.39, 0.29) is 35.0 Å². The molecule has 5 atom stereocenters. The number of carbonyl (C=O) groups is 5. The number of primary amides is 1. The van der Waals surface area contributed by atoms with E-state index in [1.807, 2.05) is 0 Å². The van der Waals surface area contributed by atoms with Crippen LogP contribution < -0.4 is 21.7 Å². The highest BCUT2D eigenvalue weighted by Crippen LogP contribution is 2.65. The molecule has 10 heteroatoms. The zero-order valence-corrected chi connectivity index (χ0v) is 25.1. The second-order valence-electron chi connectivity index (χ2n) is 14.1. The van der Waals surface area contributed by atoms with Gasteiger partial charge in [0, 0.05) is 6.54 Å². The number of terminal acetylenes is 1. The first-order chi connectivity index (χ1) is 20.0. The molecular formula is C32H47N5O5.